The first-order chi connectivity index (χ1) is 7.97. The lowest BCUT2D eigenvalue weighted by atomic mass is 10.4. The van der Waals surface area contributed by atoms with E-state index in [1.807, 2.05) is 0 Å². The van der Waals surface area contributed by atoms with Crippen molar-refractivity contribution in [2.24, 2.45) is 0 Å². The van der Waals surface area contributed by atoms with E-state index in [0.29, 0.717) is 9.92 Å². The zero-order valence-corrected chi connectivity index (χ0v) is 11.2. The van der Waals surface area contributed by atoms with E-state index in [1.54, 1.807) is 0 Å². The minimum atomic E-state index is -1.74. The van der Waals surface area contributed by atoms with Crippen LogP contribution in [0, 0.1) is 0 Å². The standard InChI is InChI=1S/C10H10Cl2O4S/c1-16-5-9(10(13)14)17(15)6-2-3-7(11)8(12)4-6/h2-4,9H,5H2,1H3,(H,13,14). The molecule has 0 amide bonds. The van der Waals surface area contributed by atoms with Crippen LogP contribution in [0.4, 0.5) is 0 Å². The quantitative estimate of drug-likeness (QED) is 0.905. The number of ether oxygens (including phenoxy) is 1. The predicted octanol–water partition coefficient (Wildman–Crippen LogP) is 2.20. The van der Waals surface area contributed by atoms with E-state index < -0.39 is 22.0 Å². The summed E-state index contributed by atoms with van der Waals surface area (Å²) in [5.41, 5.74) is 0. The van der Waals surface area contributed by atoms with Crippen molar-refractivity contribution in [2.45, 2.75) is 10.1 Å². The van der Waals surface area contributed by atoms with Gasteiger partial charge in [-0.1, -0.05) is 23.2 Å². The summed E-state index contributed by atoms with van der Waals surface area (Å²) in [4.78, 5) is 11.2. The summed E-state index contributed by atoms with van der Waals surface area (Å²) in [6, 6.07) is 4.35. The van der Waals surface area contributed by atoms with Gasteiger partial charge in [-0.2, -0.15) is 0 Å². The molecule has 0 fully saturated rings. The van der Waals surface area contributed by atoms with Crippen LogP contribution >= 0.6 is 23.2 Å². The van der Waals surface area contributed by atoms with Crippen molar-refractivity contribution in [3.8, 4) is 0 Å². The Bertz CT molecular complexity index is 450. The molecule has 2 unspecified atom stereocenters. The number of carbonyl (C=O) groups is 1. The van der Waals surface area contributed by atoms with E-state index in [2.05, 4.69) is 0 Å². The van der Waals surface area contributed by atoms with Gasteiger partial charge in [0.2, 0.25) is 0 Å². The van der Waals surface area contributed by atoms with Crippen LogP contribution in [0.5, 0.6) is 0 Å². The second-order valence-corrected chi connectivity index (χ2v) is 5.61. The van der Waals surface area contributed by atoms with Gasteiger partial charge in [0.15, 0.2) is 5.25 Å². The van der Waals surface area contributed by atoms with Crippen LogP contribution in [0.3, 0.4) is 0 Å². The molecule has 0 spiro atoms. The lowest BCUT2D eigenvalue weighted by Crippen LogP contribution is -2.30. The monoisotopic (exact) mass is 296 g/mol. The first-order valence-electron chi connectivity index (χ1n) is 4.54. The maximum absolute atomic E-state index is 12.0. The molecule has 1 rings (SSSR count). The molecule has 0 saturated heterocycles. The van der Waals surface area contributed by atoms with Crippen molar-refractivity contribution in [2.75, 3.05) is 13.7 Å². The zero-order chi connectivity index (χ0) is 13.0. The number of methoxy groups -OCH3 is 1. The molecule has 1 aromatic carbocycles. The maximum Gasteiger partial charge on any atom is 0.322 e. The molecule has 0 bridgehead atoms. The summed E-state index contributed by atoms with van der Waals surface area (Å²) in [6.45, 7) is -0.137. The molecule has 0 radical (unpaired) electrons. The van der Waals surface area contributed by atoms with Gasteiger partial charge in [0.25, 0.3) is 0 Å². The lowest BCUT2D eigenvalue weighted by Gasteiger charge is -2.11. The second-order valence-electron chi connectivity index (χ2n) is 3.16. The van der Waals surface area contributed by atoms with Crippen LogP contribution < -0.4 is 0 Å². The molecule has 7 heteroatoms. The number of rotatable bonds is 5. The number of halogens is 2. The summed E-state index contributed by atoms with van der Waals surface area (Å²) in [7, 11) is -0.388. The molecule has 0 aliphatic rings. The van der Waals surface area contributed by atoms with Crippen LogP contribution in [0.15, 0.2) is 23.1 Å². The Morgan fingerprint density at radius 3 is 2.59 bits per heavy atom. The van der Waals surface area contributed by atoms with Crippen molar-refractivity contribution in [3.63, 3.8) is 0 Å². The molecule has 1 N–H and O–H groups in total. The highest BCUT2D eigenvalue weighted by Crippen LogP contribution is 2.25. The van der Waals surface area contributed by atoms with Gasteiger partial charge >= 0.3 is 5.97 Å². The zero-order valence-electron chi connectivity index (χ0n) is 8.85. The molecular weight excluding hydrogens is 287 g/mol. The van der Waals surface area contributed by atoms with Gasteiger partial charge in [-0.05, 0) is 18.2 Å². The van der Waals surface area contributed by atoms with Gasteiger partial charge in [-0.25, -0.2) is 0 Å². The molecule has 0 aliphatic heterocycles. The molecule has 94 valence electrons. The van der Waals surface area contributed by atoms with Crippen molar-refractivity contribution in [3.05, 3.63) is 28.2 Å². The maximum atomic E-state index is 12.0. The van der Waals surface area contributed by atoms with Gasteiger partial charge in [0.05, 0.1) is 27.5 Å². The Balaban J connectivity index is 3.01. The summed E-state index contributed by atoms with van der Waals surface area (Å²) < 4.78 is 16.7. The summed E-state index contributed by atoms with van der Waals surface area (Å²) >= 11 is 11.5. The van der Waals surface area contributed by atoms with Crippen LogP contribution in [0.25, 0.3) is 0 Å². The molecule has 17 heavy (non-hydrogen) atoms. The second kappa shape index (κ2) is 6.35. The van der Waals surface area contributed by atoms with Gasteiger partial charge in [-0.15, -0.1) is 0 Å². The summed E-state index contributed by atoms with van der Waals surface area (Å²) in [5, 5.41) is 8.36. The average molecular weight is 297 g/mol. The SMILES string of the molecule is COCC(C(=O)O)S(=O)c1ccc(Cl)c(Cl)c1. The van der Waals surface area contributed by atoms with Crippen LogP contribution in [0.1, 0.15) is 0 Å². The fraction of sp³-hybridized carbons (Fsp3) is 0.300. The molecule has 0 saturated carbocycles. The minimum absolute atomic E-state index is 0.137. The largest absolute Gasteiger partial charge is 0.480 e. The number of hydrogen-bond donors (Lipinski definition) is 1. The van der Waals surface area contributed by atoms with Gasteiger partial charge in [0, 0.05) is 12.0 Å². The van der Waals surface area contributed by atoms with Crippen molar-refractivity contribution >= 4 is 40.0 Å². The first-order valence-corrected chi connectivity index (χ1v) is 6.51. The first kappa shape index (κ1) is 14.4. The highest BCUT2D eigenvalue weighted by molar-refractivity contribution is 7.86. The fourth-order valence-electron chi connectivity index (χ4n) is 1.14. The number of hydrogen-bond acceptors (Lipinski definition) is 3. The number of carboxylic acids is 1. The van der Waals surface area contributed by atoms with Crippen LogP contribution in [0.2, 0.25) is 10.0 Å². The van der Waals surface area contributed by atoms with Crippen molar-refractivity contribution in [1.82, 2.24) is 0 Å². The Hall–Kier alpha value is -0.620. The van der Waals surface area contributed by atoms with Crippen LogP contribution in [-0.4, -0.2) is 34.3 Å². The summed E-state index contributed by atoms with van der Waals surface area (Å²) in [6.07, 6.45) is 0. The molecule has 2 atom stereocenters. The Morgan fingerprint density at radius 1 is 1.47 bits per heavy atom. The third kappa shape index (κ3) is 3.67. The van der Waals surface area contributed by atoms with Crippen LogP contribution in [-0.2, 0) is 20.3 Å². The van der Waals surface area contributed by atoms with Gasteiger partial charge in [0.1, 0.15) is 0 Å². The molecule has 0 aromatic heterocycles. The Labute approximate surface area is 111 Å². The van der Waals surface area contributed by atoms with Crippen molar-refractivity contribution in [1.29, 1.82) is 0 Å². The molecule has 0 heterocycles. The van der Waals surface area contributed by atoms with Gasteiger partial charge in [-0.3, -0.25) is 9.00 Å². The normalized spacial score (nSPS) is 14.3. The number of carboxylic acid groups (broad SMARTS) is 1. The Morgan fingerprint density at radius 2 is 2.12 bits per heavy atom. The predicted molar refractivity (Wildman–Crippen MR) is 66.2 cm³/mol. The van der Waals surface area contributed by atoms with E-state index in [9.17, 15) is 9.00 Å². The third-order valence-electron chi connectivity index (χ3n) is 1.98. The highest BCUT2D eigenvalue weighted by Gasteiger charge is 2.26. The molecular formula is C10H10Cl2O4S. The van der Waals surface area contributed by atoms with Gasteiger partial charge < -0.3 is 9.84 Å². The lowest BCUT2D eigenvalue weighted by molar-refractivity contribution is -0.137. The van der Waals surface area contributed by atoms with E-state index in [4.69, 9.17) is 33.0 Å². The van der Waals surface area contributed by atoms with E-state index in [0.717, 1.165) is 0 Å². The average Bonchev–Trinajstić information content (AvgIpc) is 2.28. The van der Waals surface area contributed by atoms with E-state index in [1.165, 1.54) is 25.3 Å². The van der Waals surface area contributed by atoms with E-state index in [-0.39, 0.29) is 11.6 Å². The highest BCUT2D eigenvalue weighted by atomic mass is 35.5. The smallest absolute Gasteiger partial charge is 0.322 e. The molecule has 1 aromatic rings. The number of benzene rings is 1. The third-order valence-corrected chi connectivity index (χ3v) is 4.29. The topological polar surface area (TPSA) is 63.6 Å². The van der Waals surface area contributed by atoms with E-state index >= 15 is 0 Å². The summed E-state index contributed by atoms with van der Waals surface area (Å²) in [5.74, 6) is -1.18. The minimum Gasteiger partial charge on any atom is -0.480 e. The number of aliphatic carboxylic acids is 1. The van der Waals surface area contributed by atoms with Crippen molar-refractivity contribution < 1.29 is 18.8 Å². The fourth-order valence-corrected chi connectivity index (χ4v) is 2.71. The molecule has 4 nitrogen and oxygen atoms in total. The molecule has 0 aliphatic carbocycles. The Kier molecular flexibility index (Phi) is 5.39.